The van der Waals surface area contributed by atoms with Crippen molar-refractivity contribution in [1.29, 1.82) is 0 Å². The van der Waals surface area contributed by atoms with E-state index < -0.39 is 0 Å². The number of rotatable bonds is 6. The average Bonchev–Trinajstić information content (AvgIpc) is 2.38. The van der Waals surface area contributed by atoms with E-state index in [2.05, 4.69) is 10.1 Å². The molecule has 0 spiro atoms. The fourth-order valence-corrected chi connectivity index (χ4v) is 1.49. The van der Waals surface area contributed by atoms with Crippen molar-refractivity contribution in [3.05, 3.63) is 23.8 Å². The number of benzene rings is 1. The Balaban J connectivity index is 2.63. The fraction of sp³-hybridized carbons (Fsp3) is 0.385. The lowest BCUT2D eigenvalue weighted by molar-refractivity contribution is -0.140. The second kappa shape index (κ2) is 7.25. The lowest BCUT2D eigenvalue weighted by Crippen LogP contribution is -2.26. The van der Waals surface area contributed by atoms with Gasteiger partial charge in [-0.15, -0.1) is 0 Å². The minimum Gasteiger partial charge on any atom is -0.494 e. The molecule has 0 saturated heterocycles. The molecule has 1 rings (SSSR count). The van der Waals surface area contributed by atoms with E-state index in [-0.39, 0.29) is 24.8 Å². The molecule has 1 aromatic carbocycles. The summed E-state index contributed by atoms with van der Waals surface area (Å²) in [6.45, 7) is 2.55. The van der Waals surface area contributed by atoms with Gasteiger partial charge in [-0.3, -0.25) is 9.59 Å². The molecule has 1 aromatic rings. The maximum absolute atomic E-state index is 11.8. The molecule has 0 unspecified atom stereocenters. The van der Waals surface area contributed by atoms with Gasteiger partial charge in [0.2, 0.25) is 0 Å². The second-order valence-corrected chi connectivity index (χ2v) is 3.81. The number of hydrogen-bond donors (Lipinski definition) is 2. The van der Waals surface area contributed by atoms with Gasteiger partial charge >= 0.3 is 5.97 Å². The quantitative estimate of drug-likeness (QED) is 0.591. The van der Waals surface area contributed by atoms with Crippen molar-refractivity contribution < 1.29 is 19.1 Å². The minimum atomic E-state index is -0.372. The van der Waals surface area contributed by atoms with Crippen LogP contribution in [-0.2, 0) is 9.53 Å². The van der Waals surface area contributed by atoms with Crippen LogP contribution in [0.5, 0.6) is 5.75 Å². The Labute approximate surface area is 111 Å². The van der Waals surface area contributed by atoms with E-state index in [9.17, 15) is 9.59 Å². The number of nitrogen functional groups attached to an aromatic ring is 1. The maximum Gasteiger partial charge on any atom is 0.307 e. The summed E-state index contributed by atoms with van der Waals surface area (Å²) in [7, 11) is 1.30. The molecule has 6 heteroatoms. The van der Waals surface area contributed by atoms with Crippen molar-refractivity contribution >= 4 is 17.6 Å². The first-order valence-corrected chi connectivity index (χ1v) is 5.95. The van der Waals surface area contributed by atoms with Gasteiger partial charge < -0.3 is 20.5 Å². The highest BCUT2D eigenvalue weighted by atomic mass is 16.5. The Hall–Kier alpha value is -2.24. The summed E-state index contributed by atoms with van der Waals surface area (Å²) in [5, 5.41) is 2.61. The summed E-state index contributed by atoms with van der Waals surface area (Å²) in [6, 6.07) is 4.80. The van der Waals surface area contributed by atoms with Crippen LogP contribution in [0.2, 0.25) is 0 Å². The fourth-order valence-electron chi connectivity index (χ4n) is 1.49. The van der Waals surface area contributed by atoms with Crippen LogP contribution in [0.25, 0.3) is 0 Å². The molecule has 0 saturated carbocycles. The lowest BCUT2D eigenvalue weighted by atomic mass is 10.1. The number of carbonyl (C=O) groups is 2. The summed E-state index contributed by atoms with van der Waals surface area (Å²) >= 11 is 0. The zero-order chi connectivity index (χ0) is 14.3. The SMILES string of the molecule is CCOc1cc(N)cc(C(=O)NCCC(=O)OC)c1. The monoisotopic (exact) mass is 266 g/mol. The molecule has 0 radical (unpaired) electrons. The van der Waals surface area contributed by atoms with Crippen LogP contribution in [0.3, 0.4) is 0 Å². The van der Waals surface area contributed by atoms with E-state index in [1.807, 2.05) is 6.92 Å². The smallest absolute Gasteiger partial charge is 0.307 e. The number of esters is 1. The molecule has 0 bridgehead atoms. The zero-order valence-electron chi connectivity index (χ0n) is 11.1. The van der Waals surface area contributed by atoms with Crippen LogP contribution in [0.4, 0.5) is 5.69 Å². The third-order valence-corrected chi connectivity index (χ3v) is 2.34. The van der Waals surface area contributed by atoms with Crippen molar-refractivity contribution in [2.45, 2.75) is 13.3 Å². The molecule has 0 aliphatic heterocycles. The number of methoxy groups -OCH3 is 1. The Morgan fingerprint density at radius 2 is 2.05 bits per heavy atom. The third-order valence-electron chi connectivity index (χ3n) is 2.34. The number of hydrogen-bond acceptors (Lipinski definition) is 5. The van der Waals surface area contributed by atoms with E-state index in [0.29, 0.717) is 23.6 Å². The summed E-state index contributed by atoms with van der Waals surface area (Å²) in [6.07, 6.45) is 0.128. The third kappa shape index (κ3) is 4.87. The molecular weight excluding hydrogens is 248 g/mol. The predicted molar refractivity (Wildman–Crippen MR) is 71.0 cm³/mol. The van der Waals surface area contributed by atoms with Crippen LogP contribution in [0, 0.1) is 0 Å². The van der Waals surface area contributed by atoms with Crippen molar-refractivity contribution in [2.75, 3.05) is 26.0 Å². The number of ether oxygens (including phenoxy) is 2. The molecule has 0 aliphatic carbocycles. The number of carbonyl (C=O) groups excluding carboxylic acids is 2. The van der Waals surface area contributed by atoms with Gasteiger partial charge in [-0.05, 0) is 19.1 Å². The predicted octanol–water partition coefficient (Wildman–Crippen LogP) is 0.960. The summed E-state index contributed by atoms with van der Waals surface area (Å²) < 4.78 is 9.78. The zero-order valence-corrected chi connectivity index (χ0v) is 11.1. The summed E-state index contributed by atoms with van der Waals surface area (Å²) in [4.78, 5) is 22.8. The van der Waals surface area contributed by atoms with Crippen molar-refractivity contribution in [2.24, 2.45) is 0 Å². The number of nitrogens with two attached hydrogens (primary N) is 1. The minimum absolute atomic E-state index is 0.128. The highest BCUT2D eigenvalue weighted by molar-refractivity contribution is 5.95. The van der Waals surface area contributed by atoms with E-state index in [1.165, 1.54) is 7.11 Å². The first kappa shape index (κ1) is 14.8. The van der Waals surface area contributed by atoms with Crippen molar-refractivity contribution in [3.8, 4) is 5.75 Å². The Morgan fingerprint density at radius 1 is 1.32 bits per heavy atom. The van der Waals surface area contributed by atoms with Gasteiger partial charge in [-0.2, -0.15) is 0 Å². The number of nitrogens with one attached hydrogen (secondary N) is 1. The largest absolute Gasteiger partial charge is 0.494 e. The molecular formula is C13H18N2O4. The van der Waals surface area contributed by atoms with E-state index >= 15 is 0 Å². The highest BCUT2D eigenvalue weighted by Gasteiger charge is 2.09. The van der Waals surface area contributed by atoms with Crippen molar-refractivity contribution in [1.82, 2.24) is 5.32 Å². The number of amides is 1. The summed E-state index contributed by atoms with van der Waals surface area (Å²) in [5.41, 5.74) is 6.54. The van der Waals surface area contributed by atoms with E-state index in [0.717, 1.165) is 0 Å². The normalized spacial score (nSPS) is 9.79. The Kier molecular flexibility index (Phi) is 5.66. The lowest BCUT2D eigenvalue weighted by Gasteiger charge is -2.08. The van der Waals surface area contributed by atoms with Crippen LogP contribution >= 0.6 is 0 Å². The first-order valence-electron chi connectivity index (χ1n) is 5.95. The van der Waals surface area contributed by atoms with Crippen LogP contribution < -0.4 is 15.8 Å². The molecule has 3 N–H and O–H groups in total. The van der Waals surface area contributed by atoms with Crippen LogP contribution in [0.15, 0.2) is 18.2 Å². The van der Waals surface area contributed by atoms with Crippen LogP contribution in [0.1, 0.15) is 23.7 Å². The average molecular weight is 266 g/mol. The van der Waals surface area contributed by atoms with E-state index in [1.54, 1.807) is 18.2 Å². The molecule has 19 heavy (non-hydrogen) atoms. The van der Waals surface area contributed by atoms with Gasteiger partial charge in [-0.1, -0.05) is 0 Å². The standard InChI is InChI=1S/C13H18N2O4/c1-3-19-11-7-9(6-10(14)8-11)13(17)15-5-4-12(16)18-2/h6-8H,3-5,14H2,1-2H3,(H,15,17). The molecule has 104 valence electrons. The van der Waals surface area contributed by atoms with Gasteiger partial charge in [-0.25, -0.2) is 0 Å². The topological polar surface area (TPSA) is 90.6 Å². The van der Waals surface area contributed by atoms with Gasteiger partial charge in [0, 0.05) is 23.9 Å². The van der Waals surface area contributed by atoms with Gasteiger partial charge in [0.25, 0.3) is 5.91 Å². The Morgan fingerprint density at radius 3 is 2.68 bits per heavy atom. The Bertz CT molecular complexity index is 460. The molecule has 6 nitrogen and oxygen atoms in total. The first-order chi connectivity index (χ1) is 9.06. The van der Waals surface area contributed by atoms with Crippen LogP contribution in [-0.4, -0.2) is 32.1 Å². The second-order valence-electron chi connectivity index (χ2n) is 3.81. The maximum atomic E-state index is 11.8. The summed E-state index contributed by atoms with van der Waals surface area (Å²) in [5.74, 6) is -0.138. The van der Waals surface area contributed by atoms with Gasteiger partial charge in [0.1, 0.15) is 5.75 Å². The molecule has 1 amide bonds. The van der Waals surface area contributed by atoms with Gasteiger partial charge in [0.05, 0.1) is 20.1 Å². The highest BCUT2D eigenvalue weighted by Crippen LogP contribution is 2.18. The number of anilines is 1. The molecule has 0 aliphatic rings. The molecule has 0 aromatic heterocycles. The molecule has 0 heterocycles. The van der Waals surface area contributed by atoms with Gasteiger partial charge in [0.15, 0.2) is 0 Å². The van der Waals surface area contributed by atoms with E-state index in [4.69, 9.17) is 10.5 Å². The molecule has 0 atom stereocenters. The van der Waals surface area contributed by atoms with Crippen molar-refractivity contribution in [3.63, 3.8) is 0 Å². The molecule has 0 fully saturated rings.